The van der Waals surface area contributed by atoms with Crippen LogP contribution in [0.15, 0.2) is 53.5 Å². The number of nitrogens with zero attached hydrogens (tertiary/aromatic N) is 2. The second kappa shape index (κ2) is 10.1. The highest BCUT2D eigenvalue weighted by Gasteiger charge is 2.34. The number of ether oxygens (including phenoxy) is 1. The molecule has 0 saturated carbocycles. The Bertz CT molecular complexity index is 998. The first-order chi connectivity index (χ1) is 15.9. The van der Waals surface area contributed by atoms with Crippen molar-refractivity contribution in [2.45, 2.75) is 58.2 Å². The Morgan fingerprint density at radius 1 is 1.15 bits per heavy atom. The van der Waals surface area contributed by atoms with E-state index < -0.39 is 0 Å². The molecule has 1 fully saturated rings. The summed E-state index contributed by atoms with van der Waals surface area (Å²) < 4.78 is 6.16. The minimum Gasteiger partial charge on any atom is -0.487 e. The third-order valence-corrected chi connectivity index (χ3v) is 6.02. The first-order valence-corrected chi connectivity index (χ1v) is 11.9. The quantitative estimate of drug-likeness (QED) is 0.458. The molecule has 7 nitrogen and oxygen atoms in total. The summed E-state index contributed by atoms with van der Waals surface area (Å²) in [5, 5.41) is 9.99. The number of anilines is 1. The van der Waals surface area contributed by atoms with Crippen molar-refractivity contribution in [3.05, 3.63) is 59.7 Å². The zero-order chi connectivity index (χ0) is 23.3. The number of likely N-dealkylation sites (tertiary alicyclic amines) is 1. The van der Waals surface area contributed by atoms with Crippen LogP contribution in [-0.2, 0) is 6.54 Å². The summed E-state index contributed by atoms with van der Waals surface area (Å²) in [6, 6.07) is 16.2. The SMILES string of the molecule is CCNC(=NCc1cccc(NC(=O)N2CCCC2)c1)NC1CC(C)(C)Oc2ccccc21. The smallest absolute Gasteiger partial charge is 0.321 e. The third-order valence-electron chi connectivity index (χ3n) is 6.02. The minimum atomic E-state index is -0.259. The highest BCUT2D eigenvalue weighted by Crippen LogP contribution is 2.39. The van der Waals surface area contributed by atoms with Gasteiger partial charge in [0.05, 0.1) is 12.6 Å². The molecule has 176 valence electrons. The molecule has 2 amide bonds. The van der Waals surface area contributed by atoms with Crippen LogP contribution in [0.3, 0.4) is 0 Å². The molecule has 0 aliphatic carbocycles. The van der Waals surface area contributed by atoms with Gasteiger partial charge < -0.3 is 25.6 Å². The maximum atomic E-state index is 12.4. The normalized spacial score (nSPS) is 19.4. The van der Waals surface area contributed by atoms with Crippen LogP contribution < -0.4 is 20.7 Å². The summed E-state index contributed by atoms with van der Waals surface area (Å²) in [4.78, 5) is 19.1. The maximum absolute atomic E-state index is 12.4. The number of hydrogen-bond acceptors (Lipinski definition) is 3. The van der Waals surface area contributed by atoms with Crippen LogP contribution in [0, 0.1) is 0 Å². The number of carbonyl (C=O) groups is 1. The van der Waals surface area contributed by atoms with Crippen molar-refractivity contribution in [1.29, 1.82) is 0 Å². The van der Waals surface area contributed by atoms with Crippen molar-refractivity contribution >= 4 is 17.7 Å². The fourth-order valence-corrected chi connectivity index (χ4v) is 4.46. The number of fused-ring (bicyclic) bond motifs is 1. The van der Waals surface area contributed by atoms with Crippen LogP contribution in [0.5, 0.6) is 5.75 Å². The second-order valence-electron chi connectivity index (χ2n) is 9.32. The number of aliphatic imine (C=N–C) groups is 1. The molecule has 2 aliphatic heterocycles. The molecule has 2 aliphatic rings. The number of benzene rings is 2. The van der Waals surface area contributed by atoms with Gasteiger partial charge in [-0.25, -0.2) is 9.79 Å². The van der Waals surface area contributed by atoms with E-state index in [1.54, 1.807) is 0 Å². The number of amides is 2. The Morgan fingerprint density at radius 3 is 2.73 bits per heavy atom. The van der Waals surface area contributed by atoms with Gasteiger partial charge in [-0.2, -0.15) is 0 Å². The van der Waals surface area contributed by atoms with Crippen LogP contribution in [0.1, 0.15) is 57.2 Å². The van der Waals surface area contributed by atoms with Crippen LogP contribution >= 0.6 is 0 Å². The molecule has 7 heteroatoms. The topological polar surface area (TPSA) is 78.0 Å². The number of hydrogen-bond donors (Lipinski definition) is 3. The lowest BCUT2D eigenvalue weighted by Gasteiger charge is -2.38. The molecule has 1 unspecified atom stereocenters. The summed E-state index contributed by atoms with van der Waals surface area (Å²) >= 11 is 0. The number of rotatable bonds is 5. The van der Waals surface area contributed by atoms with Gasteiger partial charge in [-0.3, -0.25) is 0 Å². The summed E-state index contributed by atoms with van der Waals surface area (Å²) in [7, 11) is 0. The molecule has 2 aromatic rings. The predicted molar refractivity (Wildman–Crippen MR) is 133 cm³/mol. The molecule has 2 aromatic carbocycles. The van der Waals surface area contributed by atoms with Crippen molar-refractivity contribution in [3.63, 3.8) is 0 Å². The molecule has 0 bridgehead atoms. The van der Waals surface area contributed by atoms with E-state index in [1.165, 1.54) is 0 Å². The van der Waals surface area contributed by atoms with E-state index in [0.29, 0.717) is 6.54 Å². The van der Waals surface area contributed by atoms with Gasteiger partial charge in [-0.1, -0.05) is 30.3 Å². The lowest BCUT2D eigenvalue weighted by atomic mass is 9.90. The Labute approximate surface area is 196 Å². The summed E-state index contributed by atoms with van der Waals surface area (Å²) in [6.45, 7) is 9.24. The lowest BCUT2D eigenvalue weighted by molar-refractivity contribution is 0.0694. The molecular weight excluding hydrogens is 414 g/mol. The number of carbonyl (C=O) groups excluding carboxylic acids is 1. The molecule has 0 aromatic heterocycles. The Hall–Kier alpha value is -3.22. The van der Waals surface area contributed by atoms with Crippen LogP contribution in [0.2, 0.25) is 0 Å². The van der Waals surface area contributed by atoms with Gasteiger partial charge >= 0.3 is 6.03 Å². The maximum Gasteiger partial charge on any atom is 0.321 e. The fraction of sp³-hybridized carbons (Fsp3) is 0.462. The monoisotopic (exact) mass is 449 g/mol. The molecular formula is C26H35N5O2. The molecule has 1 atom stereocenters. The minimum absolute atomic E-state index is 0.0241. The summed E-state index contributed by atoms with van der Waals surface area (Å²) in [5.41, 5.74) is 2.73. The highest BCUT2D eigenvalue weighted by molar-refractivity contribution is 5.89. The fourth-order valence-electron chi connectivity index (χ4n) is 4.46. The average Bonchev–Trinajstić information content (AvgIpc) is 3.32. The van der Waals surface area contributed by atoms with Gasteiger partial charge in [-0.05, 0) is 57.4 Å². The van der Waals surface area contributed by atoms with E-state index in [-0.39, 0.29) is 17.7 Å². The van der Waals surface area contributed by atoms with Gasteiger partial charge in [-0.15, -0.1) is 0 Å². The Kier molecular flexibility index (Phi) is 7.06. The van der Waals surface area contributed by atoms with Gasteiger partial charge in [0.25, 0.3) is 0 Å². The molecule has 4 rings (SSSR count). The highest BCUT2D eigenvalue weighted by atomic mass is 16.5. The number of para-hydroxylation sites is 1. The number of urea groups is 1. The van der Waals surface area contributed by atoms with Crippen molar-refractivity contribution in [3.8, 4) is 5.75 Å². The lowest BCUT2D eigenvalue weighted by Crippen LogP contribution is -2.45. The summed E-state index contributed by atoms with van der Waals surface area (Å²) in [5.74, 6) is 1.69. The van der Waals surface area contributed by atoms with E-state index in [1.807, 2.05) is 47.4 Å². The molecule has 3 N–H and O–H groups in total. The zero-order valence-corrected chi connectivity index (χ0v) is 19.9. The second-order valence-corrected chi connectivity index (χ2v) is 9.32. The van der Waals surface area contributed by atoms with E-state index >= 15 is 0 Å². The molecule has 0 radical (unpaired) electrons. The van der Waals surface area contributed by atoms with Crippen LogP contribution in [0.25, 0.3) is 0 Å². The first kappa shape index (κ1) is 23.0. The molecule has 2 heterocycles. The van der Waals surface area contributed by atoms with Gasteiger partial charge in [0.1, 0.15) is 11.4 Å². The van der Waals surface area contributed by atoms with E-state index in [4.69, 9.17) is 9.73 Å². The first-order valence-electron chi connectivity index (χ1n) is 11.9. The largest absolute Gasteiger partial charge is 0.487 e. The van der Waals surface area contributed by atoms with E-state index in [0.717, 1.165) is 67.4 Å². The van der Waals surface area contributed by atoms with Gasteiger partial charge in [0.2, 0.25) is 0 Å². The Morgan fingerprint density at radius 2 is 1.94 bits per heavy atom. The van der Waals surface area contributed by atoms with Gasteiger partial charge in [0.15, 0.2) is 5.96 Å². The molecule has 1 saturated heterocycles. The van der Waals surface area contributed by atoms with Crippen molar-refractivity contribution in [2.24, 2.45) is 4.99 Å². The van der Waals surface area contributed by atoms with Crippen molar-refractivity contribution < 1.29 is 9.53 Å². The Balaban J connectivity index is 1.45. The number of guanidine groups is 1. The third kappa shape index (κ3) is 5.97. The van der Waals surface area contributed by atoms with E-state index in [9.17, 15) is 4.79 Å². The standard InChI is InChI=1S/C26H35N5O2/c1-4-27-24(30-22-17-26(2,3)33-23-13-6-5-12-21(22)23)28-18-19-10-9-11-20(16-19)29-25(32)31-14-7-8-15-31/h5-6,9-13,16,22H,4,7-8,14-15,17-18H2,1-3H3,(H,29,32)(H2,27,28,30). The zero-order valence-electron chi connectivity index (χ0n) is 19.9. The van der Waals surface area contributed by atoms with E-state index in [2.05, 4.69) is 42.8 Å². The molecule has 0 spiro atoms. The van der Waals surface area contributed by atoms with Crippen molar-refractivity contribution in [1.82, 2.24) is 15.5 Å². The summed E-state index contributed by atoms with van der Waals surface area (Å²) in [6.07, 6.45) is 3.00. The predicted octanol–water partition coefficient (Wildman–Crippen LogP) is 4.67. The van der Waals surface area contributed by atoms with Crippen LogP contribution in [0.4, 0.5) is 10.5 Å². The molecule has 33 heavy (non-hydrogen) atoms. The number of nitrogens with one attached hydrogen (secondary N) is 3. The van der Waals surface area contributed by atoms with Crippen LogP contribution in [-0.4, -0.2) is 42.1 Å². The van der Waals surface area contributed by atoms with Crippen molar-refractivity contribution in [2.75, 3.05) is 25.0 Å². The average molecular weight is 450 g/mol. The van der Waals surface area contributed by atoms with Gasteiger partial charge in [0, 0.05) is 37.3 Å².